The van der Waals surface area contributed by atoms with E-state index in [1.165, 1.54) is 0 Å². The van der Waals surface area contributed by atoms with E-state index in [-0.39, 0.29) is 23.3 Å². The van der Waals surface area contributed by atoms with E-state index in [9.17, 15) is 9.59 Å². The predicted octanol–water partition coefficient (Wildman–Crippen LogP) is 1.95. The van der Waals surface area contributed by atoms with E-state index in [0.717, 1.165) is 6.42 Å². The first-order chi connectivity index (χ1) is 9.56. The molecule has 0 aromatic heterocycles. The number of hydrogen-bond donors (Lipinski definition) is 1. The highest BCUT2D eigenvalue weighted by Crippen LogP contribution is 2.26. The third kappa shape index (κ3) is 3.76. The number of carbonyl (C=O) groups excluding carboxylic acids is 2. The van der Waals surface area contributed by atoms with Gasteiger partial charge in [-0.3, -0.25) is 9.59 Å². The van der Waals surface area contributed by atoms with Gasteiger partial charge < -0.3 is 15.0 Å². The predicted molar refractivity (Wildman–Crippen MR) is 82.9 cm³/mol. The number of nitrogens with one attached hydrogen (secondary N) is 1. The van der Waals surface area contributed by atoms with Crippen LogP contribution in [0, 0.1) is 5.92 Å². The highest BCUT2D eigenvalue weighted by atomic mass is 16.5. The third-order valence-corrected chi connectivity index (χ3v) is 4.75. The molecule has 1 aliphatic heterocycles. The SMILES string of the molecule is CCC(C)C1NC(=O)C(C)(C)N(CCC(C)(C)OC)C1=O. The van der Waals surface area contributed by atoms with Crippen LogP contribution in [0.3, 0.4) is 0 Å². The van der Waals surface area contributed by atoms with Crippen molar-refractivity contribution in [1.29, 1.82) is 0 Å². The summed E-state index contributed by atoms with van der Waals surface area (Å²) in [6.07, 6.45) is 1.55. The highest BCUT2D eigenvalue weighted by Gasteiger charge is 2.47. The quantitative estimate of drug-likeness (QED) is 0.815. The van der Waals surface area contributed by atoms with Gasteiger partial charge in [0.2, 0.25) is 11.8 Å². The molecule has 0 bridgehead atoms. The van der Waals surface area contributed by atoms with Crippen LogP contribution in [0.4, 0.5) is 0 Å². The number of ether oxygens (including phenoxy) is 1. The summed E-state index contributed by atoms with van der Waals surface area (Å²) in [5, 5.41) is 2.89. The molecular formula is C16H30N2O3. The topological polar surface area (TPSA) is 58.6 Å². The first-order valence-corrected chi connectivity index (χ1v) is 7.74. The van der Waals surface area contributed by atoms with Gasteiger partial charge >= 0.3 is 0 Å². The Morgan fingerprint density at radius 2 is 1.95 bits per heavy atom. The van der Waals surface area contributed by atoms with Crippen molar-refractivity contribution in [1.82, 2.24) is 10.2 Å². The van der Waals surface area contributed by atoms with Crippen molar-refractivity contribution in [3.05, 3.63) is 0 Å². The second-order valence-electron chi connectivity index (χ2n) is 7.10. The average Bonchev–Trinajstić information content (AvgIpc) is 2.41. The molecule has 1 N–H and O–H groups in total. The molecule has 2 amide bonds. The zero-order valence-electron chi connectivity index (χ0n) is 14.4. The molecule has 0 aromatic rings. The van der Waals surface area contributed by atoms with Crippen LogP contribution < -0.4 is 5.32 Å². The van der Waals surface area contributed by atoms with Crippen molar-refractivity contribution >= 4 is 11.8 Å². The molecule has 2 unspecified atom stereocenters. The number of rotatable bonds is 6. The fourth-order valence-corrected chi connectivity index (χ4v) is 2.44. The number of amides is 2. The number of nitrogens with zero attached hydrogens (tertiary/aromatic N) is 1. The first-order valence-electron chi connectivity index (χ1n) is 7.74. The Morgan fingerprint density at radius 3 is 2.43 bits per heavy atom. The Hall–Kier alpha value is -1.10. The van der Waals surface area contributed by atoms with E-state index in [0.29, 0.717) is 13.0 Å². The Bertz CT molecular complexity index is 404. The van der Waals surface area contributed by atoms with Gasteiger partial charge in [0.15, 0.2) is 0 Å². The van der Waals surface area contributed by atoms with E-state index in [4.69, 9.17) is 4.74 Å². The molecule has 5 nitrogen and oxygen atoms in total. The van der Waals surface area contributed by atoms with Crippen molar-refractivity contribution in [2.24, 2.45) is 5.92 Å². The van der Waals surface area contributed by atoms with Crippen LogP contribution in [0.1, 0.15) is 54.4 Å². The van der Waals surface area contributed by atoms with E-state index < -0.39 is 11.6 Å². The van der Waals surface area contributed by atoms with Crippen molar-refractivity contribution in [2.75, 3.05) is 13.7 Å². The summed E-state index contributed by atoms with van der Waals surface area (Å²) in [4.78, 5) is 26.8. The molecule has 0 spiro atoms. The minimum absolute atomic E-state index is 0.0147. The molecular weight excluding hydrogens is 268 g/mol. The summed E-state index contributed by atoms with van der Waals surface area (Å²) in [5.41, 5.74) is -1.12. The van der Waals surface area contributed by atoms with Crippen molar-refractivity contribution in [3.8, 4) is 0 Å². The van der Waals surface area contributed by atoms with Gasteiger partial charge in [-0.15, -0.1) is 0 Å². The molecule has 1 aliphatic rings. The van der Waals surface area contributed by atoms with Crippen LogP contribution in [-0.4, -0.2) is 47.6 Å². The molecule has 0 aliphatic carbocycles. The second-order valence-corrected chi connectivity index (χ2v) is 7.10. The zero-order chi connectivity index (χ0) is 16.4. The van der Waals surface area contributed by atoms with E-state index in [2.05, 4.69) is 5.32 Å². The molecule has 0 aromatic carbocycles. The van der Waals surface area contributed by atoms with Crippen LogP contribution >= 0.6 is 0 Å². The first kappa shape index (κ1) is 18.0. The lowest BCUT2D eigenvalue weighted by molar-refractivity contribution is -0.157. The van der Waals surface area contributed by atoms with Gasteiger partial charge in [-0.05, 0) is 40.0 Å². The number of piperazine rings is 1. The van der Waals surface area contributed by atoms with Gasteiger partial charge in [0.25, 0.3) is 0 Å². The minimum atomic E-state index is -0.815. The van der Waals surface area contributed by atoms with Crippen LogP contribution in [0.2, 0.25) is 0 Å². The second kappa shape index (κ2) is 6.34. The molecule has 21 heavy (non-hydrogen) atoms. The van der Waals surface area contributed by atoms with Crippen LogP contribution in [-0.2, 0) is 14.3 Å². The Kier molecular flexibility index (Phi) is 5.42. The van der Waals surface area contributed by atoms with E-state index in [1.807, 2.05) is 27.7 Å². The molecule has 1 heterocycles. The lowest BCUT2D eigenvalue weighted by atomic mass is 9.88. The van der Waals surface area contributed by atoms with E-state index >= 15 is 0 Å². The normalized spacial score (nSPS) is 24.0. The van der Waals surface area contributed by atoms with Gasteiger partial charge in [0.1, 0.15) is 11.6 Å². The molecule has 1 saturated heterocycles. The monoisotopic (exact) mass is 298 g/mol. The van der Waals surface area contributed by atoms with Crippen LogP contribution in [0.15, 0.2) is 0 Å². The molecule has 122 valence electrons. The van der Waals surface area contributed by atoms with Crippen molar-refractivity contribution < 1.29 is 14.3 Å². The van der Waals surface area contributed by atoms with Gasteiger partial charge in [-0.2, -0.15) is 0 Å². The highest BCUT2D eigenvalue weighted by molar-refractivity contribution is 5.99. The Labute approximate surface area is 128 Å². The fourth-order valence-electron chi connectivity index (χ4n) is 2.44. The molecule has 1 rings (SSSR count). The van der Waals surface area contributed by atoms with Crippen molar-refractivity contribution in [3.63, 3.8) is 0 Å². The summed E-state index contributed by atoms with van der Waals surface area (Å²) < 4.78 is 5.42. The smallest absolute Gasteiger partial charge is 0.246 e. The summed E-state index contributed by atoms with van der Waals surface area (Å²) in [6.45, 7) is 12.1. The van der Waals surface area contributed by atoms with Crippen LogP contribution in [0.25, 0.3) is 0 Å². The largest absolute Gasteiger partial charge is 0.379 e. The number of methoxy groups -OCH3 is 1. The van der Waals surface area contributed by atoms with Gasteiger partial charge in [-0.1, -0.05) is 20.3 Å². The van der Waals surface area contributed by atoms with Crippen LogP contribution in [0.5, 0.6) is 0 Å². The summed E-state index contributed by atoms with van der Waals surface area (Å²) in [5.74, 6) is 0.0685. The van der Waals surface area contributed by atoms with Gasteiger partial charge in [0, 0.05) is 13.7 Å². The molecule has 5 heteroatoms. The number of carbonyl (C=O) groups is 2. The summed E-state index contributed by atoms with van der Waals surface area (Å²) in [6, 6.07) is -0.416. The van der Waals surface area contributed by atoms with Crippen molar-refractivity contribution in [2.45, 2.75) is 71.6 Å². The standard InChI is InChI=1S/C16H30N2O3/c1-8-11(2)12-13(19)18(10-9-15(3,4)21-7)16(5,6)14(20)17-12/h11-12H,8-10H2,1-7H3,(H,17,20). The average molecular weight is 298 g/mol. The maximum Gasteiger partial charge on any atom is 0.246 e. The Morgan fingerprint density at radius 1 is 1.38 bits per heavy atom. The van der Waals surface area contributed by atoms with Gasteiger partial charge in [-0.25, -0.2) is 0 Å². The minimum Gasteiger partial charge on any atom is -0.379 e. The summed E-state index contributed by atoms with van der Waals surface area (Å²) in [7, 11) is 1.66. The maximum absolute atomic E-state index is 12.8. The summed E-state index contributed by atoms with van der Waals surface area (Å²) >= 11 is 0. The zero-order valence-corrected chi connectivity index (χ0v) is 14.4. The molecule has 1 fully saturated rings. The molecule has 0 saturated carbocycles. The molecule has 2 atom stereocenters. The lowest BCUT2D eigenvalue weighted by Crippen LogP contribution is -2.69. The van der Waals surface area contributed by atoms with E-state index in [1.54, 1.807) is 25.9 Å². The number of hydrogen-bond acceptors (Lipinski definition) is 3. The Balaban J connectivity index is 2.95. The third-order valence-electron chi connectivity index (χ3n) is 4.75. The fraction of sp³-hybridized carbons (Fsp3) is 0.875. The lowest BCUT2D eigenvalue weighted by Gasteiger charge is -2.46. The van der Waals surface area contributed by atoms with Gasteiger partial charge in [0.05, 0.1) is 5.60 Å². The molecule has 0 radical (unpaired) electrons. The maximum atomic E-state index is 12.8.